The summed E-state index contributed by atoms with van der Waals surface area (Å²) in [6.07, 6.45) is 3.19. The van der Waals surface area contributed by atoms with E-state index in [4.69, 9.17) is 10.5 Å². The van der Waals surface area contributed by atoms with Gasteiger partial charge >= 0.3 is 0 Å². The zero-order valence-electron chi connectivity index (χ0n) is 10.1. The summed E-state index contributed by atoms with van der Waals surface area (Å²) in [4.78, 5) is 0. The molecule has 2 nitrogen and oxygen atoms in total. The van der Waals surface area contributed by atoms with E-state index in [1.165, 1.54) is 0 Å². The van der Waals surface area contributed by atoms with E-state index in [0.717, 1.165) is 37.5 Å². The first-order valence-corrected chi connectivity index (χ1v) is 5.93. The highest BCUT2D eigenvalue weighted by Gasteiger charge is 2.12. The molecule has 1 rings (SSSR count). The van der Waals surface area contributed by atoms with Crippen molar-refractivity contribution in [2.45, 2.75) is 32.2 Å². The van der Waals surface area contributed by atoms with Crippen LogP contribution in [0.2, 0.25) is 0 Å². The maximum absolute atomic E-state index is 13.3. The lowest BCUT2D eigenvalue weighted by atomic mass is 10.1. The number of unbranched alkanes of at least 4 members (excludes halogenated alkanes) is 2. The van der Waals surface area contributed by atoms with Crippen LogP contribution in [-0.2, 0) is 4.74 Å². The molecule has 4 heteroatoms. The highest BCUT2D eigenvalue weighted by atomic mass is 19.1. The summed E-state index contributed by atoms with van der Waals surface area (Å²) < 4.78 is 31.6. The van der Waals surface area contributed by atoms with Crippen LogP contribution in [0.5, 0.6) is 0 Å². The first-order valence-electron chi connectivity index (χ1n) is 5.93. The molecule has 96 valence electrons. The molecule has 17 heavy (non-hydrogen) atoms. The normalized spacial score (nSPS) is 12.7. The van der Waals surface area contributed by atoms with Gasteiger partial charge in [-0.2, -0.15) is 0 Å². The number of benzene rings is 1. The summed E-state index contributed by atoms with van der Waals surface area (Å²) in [5.74, 6) is -0.973. The Hall–Kier alpha value is -1.00. The van der Waals surface area contributed by atoms with Gasteiger partial charge in [-0.3, -0.25) is 0 Å². The van der Waals surface area contributed by atoms with Gasteiger partial charge in [0.05, 0.1) is 12.6 Å². The Balaban J connectivity index is 2.41. The number of hydrogen-bond acceptors (Lipinski definition) is 2. The first-order chi connectivity index (χ1) is 8.15. The minimum atomic E-state index is -0.618. The average Bonchev–Trinajstić information content (AvgIpc) is 2.32. The van der Waals surface area contributed by atoms with Gasteiger partial charge in [-0.15, -0.1) is 0 Å². The van der Waals surface area contributed by atoms with Crippen molar-refractivity contribution in [2.24, 2.45) is 5.73 Å². The highest BCUT2D eigenvalue weighted by Crippen LogP contribution is 2.16. The Morgan fingerprint density at radius 2 is 2.06 bits per heavy atom. The summed E-state index contributed by atoms with van der Waals surface area (Å²) in [6.45, 7) is 2.93. The van der Waals surface area contributed by atoms with Crippen molar-refractivity contribution in [3.8, 4) is 0 Å². The third kappa shape index (κ3) is 4.79. The van der Waals surface area contributed by atoms with Gasteiger partial charge in [0.2, 0.25) is 0 Å². The summed E-state index contributed by atoms with van der Waals surface area (Å²) in [5.41, 5.74) is 5.91. The maximum atomic E-state index is 13.3. The van der Waals surface area contributed by atoms with Gasteiger partial charge in [-0.25, -0.2) is 8.78 Å². The molecule has 1 aromatic carbocycles. The van der Waals surface area contributed by atoms with Crippen molar-refractivity contribution in [3.63, 3.8) is 0 Å². The second-order valence-corrected chi connectivity index (χ2v) is 4.05. The van der Waals surface area contributed by atoms with Crippen LogP contribution in [0, 0.1) is 11.6 Å². The third-order valence-electron chi connectivity index (χ3n) is 2.55. The minimum Gasteiger partial charge on any atom is -0.379 e. The number of nitrogens with two attached hydrogens (primary N) is 1. The molecule has 0 aromatic heterocycles. The second kappa shape index (κ2) is 7.35. The zero-order valence-corrected chi connectivity index (χ0v) is 10.1. The van der Waals surface area contributed by atoms with Gasteiger partial charge in [0.15, 0.2) is 0 Å². The predicted molar refractivity (Wildman–Crippen MR) is 63.6 cm³/mol. The van der Waals surface area contributed by atoms with E-state index in [1.54, 1.807) is 0 Å². The quantitative estimate of drug-likeness (QED) is 0.746. The van der Waals surface area contributed by atoms with Crippen LogP contribution < -0.4 is 5.73 Å². The Labute approximate surface area is 101 Å². The van der Waals surface area contributed by atoms with Gasteiger partial charge in [0.25, 0.3) is 0 Å². The van der Waals surface area contributed by atoms with Gasteiger partial charge in [-0.05, 0) is 24.6 Å². The summed E-state index contributed by atoms with van der Waals surface area (Å²) >= 11 is 0. The van der Waals surface area contributed by atoms with Crippen LogP contribution >= 0.6 is 0 Å². The van der Waals surface area contributed by atoms with Crippen LogP contribution in [0.3, 0.4) is 0 Å². The van der Waals surface area contributed by atoms with Gasteiger partial charge in [0, 0.05) is 12.2 Å². The second-order valence-electron chi connectivity index (χ2n) is 4.05. The fourth-order valence-corrected chi connectivity index (χ4v) is 1.55. The molecule has 0 radical (unpaired) electrons. The zero-order chi connectivity index (χ0) is 12.7. The molecule has 0 saturated carbocycles. The molecule has 1 aromatic rings. The van der Waals surface area contributed by atoms with E-state index in [9.17, 15) is 8.78 Å². The molecule has 0 fully saturated rings. The number of halogens is 2. The Bertz CT molecular complexity index is 344. The fourth-order valence-electron chi connectivity index (χ4n) is 1.55. The molecule has 0 bridgehead atoms. The minimum absolute atomic E-state index is 0.167. The smallest absolute Gasteiger partial charge is 0.128 e. The molecule has 1 atom stereocenters. The van der Waals surface area contributed by atoms with Crippen LogP contribution in [-0.4, -0.2) is 13.2 Å². The number of hydrogen-bond donors (Lipinski definition) is 1. The van der Waals surface area contributed by atoms with E-state index >= 15 is 0 Å². The third-order valence-corrected chi connectivity index (χ3v) is 2.55. The lowest BCUT2D eigenvalue weighted by Gasteiger charge is -2.13. The topological polar surface area (TPSA) is 35.2 Å². The molecule has 0 heterocycles. The van der Waals surface area contributed by atoms with E-state index in [1.807, 2.05) is 0 Å². The molecule has 0 aliphatic heterocycles. The van der Waals surface area contributed by atoms with Crippen LogP contribution in [0.1, 0.15) is 37.8 Å². The van der Waals surface area contributed by atoms with E-state index < -0.39 is 17.7 Å². The van der Waals surface area contributed by atoms with Gasteiger partial charge < -0.3 is 10.5 Å². The van der Waals surface area contributed by atoms with Crippen molar-refractivity contribution in [1.29, 1.82) is 0 Å². The number of ether oxygens (including phenoxy) is 1. The van der Waals surface area contributed by atoms with Crippen molar-refractivity contribution in [3.05, 3.63) is 35.4 Å². The maximum Gasteiger partial charge on any atom is 0.128 e. The molecular formula is C13H19F2NO. The first kappa shape index (κ1) is 14.1. The fraction of sp³-hybridized carbons (Fsp3) is 0.538. The molecule has 0 amide bonds. The van der Waals surface area contributed by atoms with Gasteiger partial charge in [0.1, 0.15) is 11.6 Å². The van der Waals surface area contributed by atoms with E-state index in [0.29, 0.717) is 6.61 Å². The van der Waals surface area contributed by atoms with Crippen molar-refractivity contribution < 1.29 is 13.5 Å². The Kier molecular flexibility index (Phi) is 6.08. The molecule has 1 unspecified atom stereocenters. The predicted octanol–water partition coefficient (Wildman–Crippen LogP) is 3.17. The molecule has 2 N–H and O–H groups in total. The largest absolute Gasteiger partial charge is 0.379 e. The molecule has 0 aliphatic carbocycles. The Morgan fingerprint density at radius 3 is 2.76 bits per heavy atom. The summed E-state index contributed by atoms with van der Waals surface area (Å²) in [7, 11) is 0. The lowest BCUT2D eigenvalue weighted by Crippen LogP contribution is -2.19. The summed E-state index contributed by atoms with van der Waals surface area (Å²) in [5, 5.41) is 0. The van der Waals surface area contributed by atoms with Crippen LogP contribution in [0.4, 0.5) is 8.78 Å². The number of rotatable bonds is 7. The monoisotopic (exact) mass is 243 g/mol. The van der Waals surface area contributed by atoms with E-state index in [-0.39, 0.29) is 12.2 Å². The van der Waals surface area contributed by atoms with Crippen molar-refractivity contribution in [1.82, 2.24) is 0 Å². The van der Waals surface area contributed by atoms with Gasteiger partial charge in [-0.1, -0.05) is 19.8 Å². The van der Waals surface area contributed by atoms with Crippen LogP contribution in [0.15, 0.2) is 18.2 Å². The highest BCUT2D eigenvalue weighted by molar-refractivity contribution is 5.22. The van der Waals surface area contributed by atoms with Crippen molar-refractivity contribution in [2.75, 3.05) is 13.2 Å². The SMILES string of the molecule is CCCCCOCC(N)c1cc(F)ccc1F. The van der Waals surface area contributed by atoms with E-state index in [2.05, 4.69) is 6.92 Å². The summed E-state index contributed by atoms with van der Waals surface area (Å²) in [6, 6.07) is 2.66. The lowest BCUT2D eigenvalue weighted by molar-refractivity contribution is 0.116. The van der Waals surface area contributed by atoms with Crippen LogP contribution in [0.25, 0.3) is 0 Å². The van der Waals surface area contributed by atoms with Crippen molar-refractivity contribution >= 4 is 0 Å². The molecule has 0 spiro atoms. The molecule has 0 saturated heterocycles. The molecular weight excluding hydrogens is 224 g/mol. The molecule has 0 aliphatic rings. The standard InChI is InChI=1S/C13H19F2NO/c1-2-3-4-7-17-9-13(16)11-8-10(14)5-6-12(11)15/h5-6,8,13H,2-4,7,9,16H2,1H3. The average molecular weight is 243 g/mol. The Morgan fingerprint density at radius 1 is 1.29 bits per heavy atom.